The lowest BCUT2D eigenvalue weighted by molar-refractivity contribution is -0.143. The van der Waals surface area contributed by atoms with E-state index >= 15 is 0 Å². The number of rotatable bonds is 14. The first-order valence-electron chi connectivity index (χ1n) is 18.5. The van der Waals surface area contributed by atoms with E-state index in [0.717, 1.165) is 27.0 Å². The molecule has 13 nitrogen and oxygen atoms in total. The first-order valence-corrected chi connectivity index (χ1v) is 20.9. The lowest BCUT2D eigenvalue weighted by Crippen LogP contribution is -2.35. The average molecular weight is 786 g/mol. The Morgan fingerprint density at radius 2 is 1.75 bits per heavy atom. The molecule has 0 bridgehead atoms. The van der Waals surface area contributed by atoms with Gasteiger partial charge in [-0.2, -0.15) is 5.10 Å². The second-order valence-electron chi connectivity index (χ2n) is 14.8. The molecule has 0 radical (unpaired) electrons. The number of carbonyl (C=O) groups excluding carboxylic acids is 3. The van der Waals surface area contributed by atoms with E-state index in [1.54, 1.807) is 25.3 Å². The fourth-order valence-corrected chi connectivity index (χ4v) is 8.55. The highest BCUT2D eigenvalue weighted by molar-refractivity contribution is 7.90. The number of ether oxygens (including phenoxy) is 1. The minimum absolute atomic E-state index is 0.0468. The Morgan fingerprint density at radius 1 is 0.945 bits per heavy atom. The predicted octanol–water partition coefficient (Wildman–Crippen LogP) is 6.91. The highest BCUT2D eigenvalue weighted by Crippen LogP contribution is 2.33. The van der Waals surface area contributed by atoms with E-state index in [-0.39, 0.29) is 41.6 Å². The first-order chi connectivity index (χ1) is 26.2. The molecular weight excluding hydrogens is 739 g/mol. The van der Waals surface area contributed by atoms with E-state index < -0.39 is 15.9 Å². The van der Waals surface area contributed by atoms with Crippen molar-refractivity contribution in [3.8, 4) is 11.1 Å². The molecule has 1 aliphatic rings. The Labute approximate surface area is 325 Å². The molecule has 290 valence electrons. The van der Waals surface area contributed by atoms with Crippen LogP contribution in [-0.4, -0.2) is 64.9 Å². The molecule has 2 amide bonds. The van der Waals surface area contributed by atoms with Gasteiger partial charge in [0, 0.05) is 48.4 Å². The van der Waals surface area contributed by atoms with E-state index in [1.165, 1.54) is 11.3 Å². The van der Waals surface area contributed by atoms with Crippen LogP contribution in [0.25, 0.3) is 21.3 Å². The Balaban J connectivity index is 1.26. The number of hydrogen-bond acceptors (Lipinski definition) is 11. The van der Waals surface area contributed by atoms with Gasteiger partial charge in [-0.15, -0.1) is 0 Å². The quantitative estimate of drug-likeness (QED) is 0.0893. The zero-order valence-electron chi connectivity index (χ0n) is 31.8. The number of nitrogens with zero attached hydrogens (tertiary/aromatic N) is 5. The standard InChI is InChI=1S/C40H47N7O6S2/c1-6-53-35(48)17-8-7-11-22-55(51,52)45-38(50)36-28(30-23-41-47(26(30)2)25-40(3,4)5)18-19-34(43-36)46-21-20-27-13-12-14-29(31(27)24-46)37(49)44-39-42-32-15-9-10-16-33(32)54-39/h9-10,12-16,18-19,23H,6-8,11,17,20-22,24-25H2,1-5H3,(H,45,50)(H,42,44,49). The van der Waals surface area contributed by atoms with E-state index in [9.17, 15) is 22.8 Å². The number of hydrogen-bond donors (Lipinski definition) is 2. The van der Waals surface area contributed by atoms with Crippen LogP contribution in [0.3, 0.4) is 0 Å². The first kappa shape index (κ1) is 39.5. The number of pyridine rings is 1. The summed E-state index contributed by atoms with van der Waals surface area (Å²) in [5.74, 6) is -1.25. The maximum absolute atomic E-state index is 13.9. The number of amides is 2. The zero-order valence-corrected chi connectivity index (χ0v) is 33.5. The molecule has 4 heterocycles. The number of unbranched alkanes of at least 4 members (excludes halogenated alkanes) is 2. The fourth-order valence-electron chi connectivity index (χ4n) is 6.63. The molecule has 55 heavy (non-hydrogen) atoms. The summed E-state index contributed by atoms with van der Waals surface area (Å²) in [5.41, 5.74) is 5.05. The van der Waals surface area contributed by atoms with Crippen molar-refractivity contribution in [2.24, 2.45) is 5.41 Å². The summed E-state index contributed by atoms with van der Waals surface area (Å²) >= 11 is 1.41. The Morgan fingerprint density at radius 3 is 2.51 bits per heavy atom. The van der Waals surface area contributed by atoms with Gasteiger partial charge in [0.05, 0.1) is 28.8 Å². The normalized spacial score (nSPS) is 13.1. The summed E-state index contributed by atoms with van der Waals surface area (Å²) in [4.78, 5) is 50.6. The molecule has 15 heteroatoms. The molecule has 0 unspecified atom stereocenters. The monoisotopic (exact) mass is 785 g/mol. The predicted molar refractivity (Wildman–Crippen MR) is 215 cm³/mol. The van der Waals surface area contributed by atoms with E-state index in [2.05, 4.69) is 40.9 Å². The van der Waals surface area contributed by atoms with Crippen molar-refractivity contribution in [3.05, 3.63) is 88.9 Å². The number of sulfonamides is 1. The number of nitrogens with one attached hydrogen (secondary N) is 2. The Bertz CT molecular complexity index is 2290. The van der Waals surface area contributed by atoms with Crippen LogP contribution in [0, 0.1) is 12.3 Å². The van der Waals surface area contributed by atoms with Crippen LogP contribution < -0.4 is 14.9 Å². The molecular formula is C40H47N7O6S2. The van der Waals surface area contributed by atoms with Crippen LogP contribution in [0.2, 0.25) is 0 Å². The summed E-state index contributed by atoms with van der Waals surface area (Å²) in [7, 11) is -4.03. The van der Waals surface area contributed by atoms with Crippen molar-refractivity contribution in [1.29, 1.82) is 0 Å². The Hall–Kier alpha value is -5.15. The van der Waals surface area contributed by atoms with Crippen LogP contribution in [0.5, 0.6) is 0 Å². The Kier molecular flexibility index (Phi) is 12.0. The number of thiazole rings is 1. The molecule has 1 aliphatic heterocycles. The maximum Gasteiger partial charge on any atom is 0.305 e. The highest BCUT2D eigenvalue weighted by atomic mass is 32.2. The lowest BCUT2D eigenvalue weighted by atomic mass is 9.94. The van der Waals surface area contributed by atoms with Gasteiger partial charge in [0.2, 0.25) is 10.0 Å². The van der Waals surface area contributed by atoms with Gasteiger partial charge in [-0.25, -0.2) is 23.1 Å². The summed E-state index contributed by atoms with van der Waals surface area (Å²) in [6, 6.07) is 17.0. The molecule has 2 N–H and O–H groups in total. The highest BCUT2D eigenvalue weighted by Gasteiger charge is 2.28. The molecule has 0 atom stereocenters. The number of anilines is 2. The van der Waals surface area contributed by atoms with E-state index in [4.69, 9.17) is 9.72 Å². The molecule has 0 spiro atoms. The van der Waals surface area contributed by atoms with Crippen molar-refractivity contribution in [2.45, 2.75) is 79.8 Å². The van der Waals surface area contributed by atoms with Crippen molar-refractivity contribution >= 4 is 60.3 Å². The fraction of sp³-hybridized carbons (Fsp3) is 0.400. The average Bonchev–Trinajstić information content (AvgIpc) is 3.71. The van der Waals surface area contributed by atoms with Crippen LogP contribution >= 0.6 is 11.3 Å². The van der Waals surface area contributed by atoms with Gasteiger partial charge in [-0.05, 0) is 80.0 Å². The topological polar surface area (TPSA) is 165 Å². The van der Waals surface area contributed by atoms with Gasteiger partial charge in [0.1, 0.15) is 11.5 Å². The minimum atomic E-state index is -4.03. The lowest BCUT2D eigenvalue weighted by Gasteiger charge is -2.31. The van der Waals surface area contributed by atoms with Gasteiger partial charge in [-0.1, -0.05) is 62.8 Å². The number of aromatic nitrogens is 4. The van der Waals surface area contributed by atoms with E-state index in [0.29, 0.717) is 73.1 Å². The molecule has 0 saturated heterocycles. The van der Waals surface area contributed by atoms with Crippen LogP contribution in [0.15, 0.2) is 60.8 Å². The van der Waals surface area contributed by atoms with Crippen molar-refractivity contribution < 1.29 is 27.5 Å². The molecule has 0 aliphatic carbocycles. The van der Waals surface area contributed by atoms with Gasteiger partial charge in [0.15, 0.2) is 5.13 Å². The molecule has 0 fully saturated rings. The van der Waals surface area contributed by atoms with Crippen molar-refractivity contribution in [3.63, 3.8) is 0 Å². The zero-order chi connectivity index (χ0) is 39.3. The van der Waals surface area contributed by atoms with Crippen LogP contribution in [0.1, 0.15) is 91.0 Å². The van der Waals surface area contributed by atoms with Crippen molar-refractivity contribution in [1.82, 2.24) is 24.5 Å². The van der Waals surface area contributed by atoms with Crippen LogP contribution in [-0.2, 0) is 39.1 Å². The SMILES string of the molecule is CCOC(=O)CCCCCS(=O)(=O)NC(=O)c1nc(N2CCc3cccc(C(=O)Nc4nc5ccccc5s4)c3C2)ccc1-c1cnn(CC(C)(C)C)c1C. The number of esters is 1. The third-order valence-electron chi connectivity index (χ3n) is 9.32. The third-order valence-corrected chi connectivity index (χ3v) is 11.6. The molecule has 5 aromatic rings. The van der Waals surface area contributed by atoms with Gasteiger partial charge < -0.3 is 9.64 Å². The second-order valence-corrected chi connectivity index (χ2v) is 17.7. The number of para-hydroxylation sites is 1. The third kappa shape index (κ3) is 9.75. The minimum Gasteiger partial charge on any atom is -0.466 e. The van der Waals surface area contributed by atoms with Gasteiger partial charge in [0.25, 0.3) is 11.8 Å². The second kappa shape index (κ2) is 16.7. The molecule has 6 rings (SSSR count). The number of fused-ring (bicyclic) bond motifs is 2. The number of carbonyl (C=O) groups is 3. The van der Waals surface area contributed by atoms with Crippen molar-refractivity contribution in [2.75, 3.05) is 29.1 Å². The maximum atomic E-state index is 13.9. The largest absolute Gasteiger partial charge is 0.466 e. The van der Waals surface area contributed by atoms with Gasteiger partial charge >= 0.3 is 5.97 Å². The van der Waals surface area contributed by atoms with E-state index in [1.807, 2.05) is 59.0 Å². The number of benzene rings is 2. The molecule has 2 aromatic carbocycles. The summed E-state index contributed by atoms with van der Waals surface area (Å²) < 4.78 is 36.4. The molecule has 3 aromatic heterocycles. The summed E-state index contributed by atoms with van der Waals surface area (Å²) in [6.45, 7) is 11.8. The summed E-state index contributed by atoms with van der Waals surface area (Å²) in [6.07, 6.45) is 3.75. The summed E-state index contributed by atoms with van der Waals surface area (Å²) in [5, 5.41) is 8.08. The molecule has 0 saturated carbocycles. The smallest absolute Gasteiger partial charge is 0.305 e. The van der Waals surface area contributed by atoms with Crippen LogP contribution in [0.4, 0.5) is 10.9 Å². The van der Waals surface area contributed by atoms with Gasteiger partial charge in [-0.3, -0.25) is 24.4 Å².